The number of benzene rings is 1. The molecule has 1 aromatic carbocycles. The maximum absolute atomic E-state index is 8.95. The summed E-state index contributed by atoms with van der Waals surface area (Å²) in [5.74, 6) is 2.11. The van der Waals surface area contributed by atoms with E-state index in [0.717, 1.165) is 41.8 Å². The van der Waals surface area contributed by atoms with Gasteiger partial charge in [-0.1, -0.05) is 12.1 Å². The Kier molecular flexibility index (Phi) is 4.97. The van der Waals surface area contributed by atoms with Gasteiger partial charge in [0.25, 0.3) is 0 Å². The number of nitrogens with one attached hydrogen (secondary N) is 3. The number of nitriles is 1. The van der Waals surface area contributed by atoms with E-state index in [9.17, 15) is 0 Å². The number of nitrogens with zero attached hydrogens (tertiary/aromatic N) is 5. The Morgan fingerprint density at radius 2 is 2.00 bits per heavy atom. The molecule has 3 aromatic rings. The largest absolute Gasteiger partial charge is 0.367 e. The fraction of sp³-hybridized carbons (Fsp3) is 0.455. The summed E-state index contributed by atoms with van der Waals surface area (Å²) >= 11 is 0. The molecule has 0 spiro atoms. The minimum absolute atomic E-state index is 0.375. The molecule has 2 aliphatic rings. The van der Waals surface area contributed by atoms with Crippen molar-refractivity contribution in [1.82, 2.24) is 25.1 Å². The Hall–Kier alpha value is -3.18. The summed E-state index contributed by atoms with van der Waals surface area (Å²) in [4.78, 5) is 12.0. The van der Waals surface area contributed by atoms with Crippen LogP contribution in [-0.2, 0) is 0 Å². The van der Waals surface area contributed by atoms with E-state index in [1.165, 1.54) is 12.8 Å². The van der Waals surface area contributed by atoms with Gasteiger partial charge in [0.1, 0.15) is 5.82 Å². The van der Waals surface area contributed by atoms with Gasteiger partial charge in [-0.15, -0.1) is 0 Å². The van der Waals surface area contributed by atoms with Crippen molar-refractivity contribution < 1.29 is 0 Å². The van der Waals surface area contributed by atoms with E-state index in [2.05, 4.69) is 42.9 Å². The Bertz CT molecular complexity index is 1070. The summed E-state index contributed by atoms with van der Waals surface area (Å²) in [7, 11) is 0. The van der Waals surface area contributed by atoms with Crippen LogP contribution in [0.5, 0.6) is 0 Å². The van der Waals surface area contributed by atoms with Crippen LogP contribution < -0.4 is 10.6 Å². The Labute approximate surface area is 175 Å². The van der Waals surface area contributed by atoms with Crippen molar-refractivity contribution in [2.75, 3.05) is 17.2 Å². The first kappa shape index (κ1) is 18.8. The first-order chi connectivity index (χ1) is 14.7. The highest BCUT2D eigenvalue weighted by Crippen LogP contribution is 2.37. The average molecular weight is 403 g/mol. The Balaban J connectivity index is 1.38. The third-order valence-corrected chi connectivity index (χ3v) is 6.26. The second kappa shape index (κ2) is 7.92. The van der Waals surface area contributed by atoms with Gasteiger partial charge >= 0.3 is 0 Å². The molecule has 5 rings (SSSR count). The molecule has 2 aliphatic heterocycles. The maximum atomic E-state index is 8.95. The fourth-order valence-corrected chi connectivity index (χ4v) is 4.97. The molecule has 2 atom stereocenters. The number of anilines is 3. The van der Waals surface area contributed by atoms with E-state index in [1.807, 2.05) is 31.2 Å². The van der Waals surface area contributed by atoms with Gasteiger partial charge in [0, 0.05) is 48.2 Å². The first-order valence-electron chi connectivity index (χ1n) is 10.6. The van der Waals surface area contributed by atoms with Gasteiger partial charge in [0.05, 0.1) is 11.6 Å². The number of para-hydroxylation sites is 1. The van der Waals surface area contributed by atoms with Crippen LogP contribution in [0.1, 0.15) is 37.8 Å². The number of piperidine rings is 1. The lowest BCUT2D eigenvalue weighted by Gasteiger charge is -2.39. The molecule has 2 aromatic heterocycles. The number of fused-ring (bicyclic) bond motifs is 3. The average Bonchev–Trinajstić information content (AvgIpc) is 3.25. The Morgan fingerprint density at radius 1 is 1.20 bits per heavy atom. The second-order valence-corrected chi connectivity index (χ2v) is 8.32. The number of H-pyrrole nitrogens is 1. The van der Waals surface area contributed by atoms with Crippen molar-refractivity contribution in [3.63, 3.8) is 0 Å². The summed E-state index contributed by atoms with van der Waals surface area (Å²) in [5, 5.41) is 24.1. The van der Waals surface area contributed by atoms with Gasteiger partial charge in [-0.3, -0.25) is 10.00 Å². The highest BCUT2D eigenvalue weighted by atomic mass is 15.3. The monoisotopic (exact) mass is 402 g/mol. The van der Waals surface area contributed by atoms with Crippen LogP contribution in [0.15, 0.2) is 30.3 Å². The molecule has 0 saturated carbocycles. The number of aryl methyl sites for hydroxylation is 1. The van der Waals surface area contributed by atoms with Gasteiger partial charge in [-0.2, -0.15) is 15.3 Å². The van der Waals surface area contributed by atoms with Gasteiger partial charge in [-0.05, 0) is 44.7 Å². The maximum Gasteiger partial charge on any atom is 0.230 e. The number of hydrogen-bond donors (Lipinski definition) is 3. The highest BCUT2D eigenvalue weighted by molar-refractivity contribution is 5.90. The van der Waals surface area contributed by atoms with E-state index in [0.29, 0.717) is 36.3 Å². The molecule has 0 aliphatic carbocycles. The van der Waals surface area contributed by atoms with Crippen LogP contribution in [0, 0.1) is 18.3 Å². The minimum Gasteiger partial charge on any atom is -0.367 e. The van der Waals surface area contributed by atoms with Crippen molar-refractivity contribution in [3.8, 4) is 6.07 Å². The molecule has 2 fully saturated rings. The standard InChI is InChI=1S/C22H26N8/c1-14-11-20(29-28-14)26-22-25-19-6-3-2-5-18(19)21(27-22)24-15-12-16-7-8-17(13-15)30(16)10-4-9-23/h2-3,5-6,11,15-17H,4,7-8,10,12-13H2,1H3,(H3,24,25,26,27,28,29). The van der Waals surface area contributed by atoms with Crippen LogP contribution in [0.25, 0.3) is 10.9 Å². The third kappa shape index (κ3) is 3.68. The number of hydrogen-bond acceptors (Lipinski definition) is 7. The summed E-state index contributed by atoms with van der Waals surface area (Å²) in [6, 6.07) is 13.8. The predicted octanol–water partition coefficient (Wildman–Crippen LogP) is 3.73. The van der Waals surface area contributed by atoms with Gasteiger partial charge in [0.15, 0.2) is 5.82 Å². The molecule has 8 heteroatoms. The lowest BCUT2D eigenvalue weighted by Crippen LogP contribution is -2.47. The molecule has 2 saturated heterocycles. The smallest absolute Gasteiger partial charge is 0.230 e. The van der Waals surface area contributed by atoms with E-state index >= 15 is 0 Å². The zero-order chi connectivity index (χ0) is 20.5. The third-order valence-electron chi connectivity index (χ3n) is 6.26. The normalized spacial score (nSPS) is 23.4. The molecule has 4 heterocycles. The second-order valence-electron chi connectivity index (χ2n) is 8.32. The van der Waals surface area contributed by atoms with Gasteiger partial charge in [0.2, 0.25) is 5.95 Å². The zero-order valence-electron chi connectivity index (χ0n) is 17.1. The first-order valence-corrected chi connectivity index (χ1v) is 10.6. The summed E-state index contributed by atoms with van der Waals surface area (Å²) < 4.78 is 0. The molecule has 154 valence electrons. The number of rotatable bonds is 6. The van der Waals surface area contributed by atoms with Gasteiger partial charge in [-0.25, -0.2) is 4.98 Å². The van der Waals surface area contributed by atoms with Crippen LogP contribution in [-0.4, -0.2) is 49.7 Å². The van der Waals surface area contributed by atoms with Crippen molar-refractivity contribution >= 4 is 28.5 Å². The van der Waals surface area contributed by atoms with E-state index in [-0.39, 0.29) is 0 Å². The SMILES string of the molecule is Cc1cc(Nc2nc(NC3CC4CCC(C3)N4CCC#N)c3ccccc3n2)n[nH]1. The summed E-state index contributed by atoms with van der Waals surface area (Å²) in [5.41, 5.74) is 1.88. The molecule has 0 amide bonds. The molecule has 2 unspecified atom stereocenters. The fourth-order valence-electron chi connectivity index (χ4n) is 4.97. The van der Waals surface area contributed by atoms with E-state index in [1.54, 1.807) is 0 Å². The summed E-state index contributed by atoms with van der Waals surface area (Å²) in [6.45, 7) is 2.86. The van der Waals surface area contributed by atoms with Crippen LogP contribution >= 0.6 is 0 Å². The number of aromatic amines is 1. The summed E-state index contributed by atoms with van der Waals surface area (Å²) in [6.07, 6.45) is 5.24. The topological polar surface area (TPSA) is 106 Å². The molecule has 3 N–H and O–H groups in total. The zero-order valence-corrected chi connectivity index (χ0v) is 17.1. The molecular weight excluding hydrogens is 376 g/mol. The highest BCUT2D eigenvalue weighted by Gasteiger charge is 2.40. The van der Waals surface area contributed by atoms with E-state index < -0.39 is 0 Å². The Morgan fingerprint density at radius 3 is 2.73 bits per heavy atom. The van der Waals surface area contributed by atoms with Crippen molar-refractivity contribution in [2.45, 2.75) is 57.2 Å². The van der Waals surface area contributed by atoms with Crippen LogP contribution in [0.3, 0.4) is 0 Å². The van der Waals surface area contributed by atoms with E-state index in [4.69, 9.17) is 10.2 Å². The quantitative estimate of drug-likeness (QED) is 0.577. The van der Waals surface area contributed by atoms with Crippen molar-refractivity contribution in [2.24, 2.45) is 0 Å². The predicted molar refractivity (Wildman–Crippen MR) is 117 cm³/mol. The van der Waals surface area contributed by atoms with Crippen molar-refractivity contribution in [3.05, 3.63) is 36.0 Å². The van der Waals surface area contributed by atoms with Crippen LogP contribution in [0.2, 0.25) is 0 Å². The number of aromatic nitrogens is 4. The van der Waals surface area contributed by atoms with Gasteiger partial charge < -0.3 is 10.6 Å². The lowest BCUT2D eigenvalue weighted by atomic mass is 9.97. The van der Waals surface area contributed by atoms with Crippen LogP contribution in [0.4, 0.5) is 17.6 Å². The lowest BCUT2D eigenvalue weighted by molar-refractivity contribution is 0.136. The molecule has 0 radical (unpaired) electrons. The minimum atomic E-state index is 0.375. The molecular formula is C22H26N8. The van der Waals surface area contributed by atoms with Crippen molar-refractivity contribution in [1.29, 1.82) is 5.26 Å². The molecule has 30 heavy (non-hydrogen) atoms. The molecule has 8 nitrogen and oxygen atoms in total. The molecule has 2 bridgehead atoms.